The molecule has 116 valence electrons. The summed E-state index contributed by atoms with van der Waals surface area (Å²) in [5.74, 6) is -0.486. The van der Waals surface area contributed by atoms with E-state index >= 15 is 0 Å². The van der Waals surface area contributed by atoms with Crippen LogP contribution in [0.3, 0.4) is 0 Å². The fourth-order valence-electron chi connectivity index (χ4n) is 1.94. The zero-order valence-electron chi connectivity index (χ0n) is 11.8. The number of hydrogen-bond acceptors (Lipinski definition) is 4. The summed E-state index contributed by atoms with van der Waals surface area (Å²) in [4.78, 5) is 20.9. The van der Waals surface area contributed by atoms with Gasteiger partial charge in [-0.3, -0.25) is 14.9 Å². The summed E-state index contributed by atoms with van der Waals surface area (Å²) in [6, 6.07) is 4.61. The van der Waals surface area contributed by atoms with Crippen molar-refractivity contribution in [2.24, 2.45) is 5.92 Å². The normalized spacial score (nSPS) is 12.1. The van der Waals surface area contributed by atoms with Crippen molar-refractivity contribution >= 4 is 23.3 Å². The van der Waals surface area contributed by atoms with Crippen molar-refractivity contribution in [1.29, 1.82) is 0 Å². The maximum atomic E-state index is 10.9. The van der Waals surface area contributed by atoms with Gasteiger partial charge in [0, 0.05) is 29.6 Å². The van der Waals surface area contributed by atoms with E-state index in [1.54, 1.807) is 12.1 Å². The Balaban J connectivity index is 2.39. The number of hydrogen-bond donors (Lipinski definition) is 2. The highest BCUT2D eigenvalue weighted by atomic mass is 35.5. The van der Waals surface area contributed by atoms with Gasteiger partial charge in [-0.05, 0) is 37.4 Å². The Morgan fingerprint density at radius 2 is 2.19 bits per heavy atom. The molecule has 0 saturated heterocycles. The lowest BCUT2D eigenvalue weighted by Gasteiger charge is -2.11. The molecule has 1 rings (SSSR count). The van der Waals surface area contributed by atoms with Crippen LogP contribution >= 0.6 is 11.6 Å². The number of nitro groups is 1. The first-order chi connectivity index (χ1) is 9.90. The van der Waals surface area contributed by atoms with E-state index in [-0.39, 0.29) is 12.1 Å². The lowest BCUT2D eigenvalue weighted by molar-refractivity contribution is -0.385. The summed E-state index contributed by atoms with van der Waals surface area (Å²) >= 11 is 5.75. The second kappa shape index (κ2) is 8.59. The van der Waals surface area contributed by atoms with E-state index in [0.717, 1.165) is 6.42 Å². The smallest absolute Gasteiger partial charge is 0.303 e. The molecule has 7 heteroatoms. The minimum atomic E-state index is -0.786. The van der Waals surface area contributed by atoms with Gasteiger partial charge in [-0.1, -0.05) is 18.5 Å². The Labute approximate surface area is 128 Å². The number of nitro benzene ring substituents is 1. The average Bonchev–Trinajstić information content (AvgIpc) is 2.42. The SMILES string of the molecule is CC(CCNCc1ccc(Cl)cc1[N+](=O)[O-])CCC(=O)O. The summed E-state index contributed by atoms with van der Waals surface area (Å²) in [6.45, 7) is 3.06. The Morgan fingerprint density at radius 1 is 1.48 bits per heavy atom. The standard InChI is InChI=1S/C14H19ClN2O4/c1-10(2-5-14(18)19)6-7-16-9-11-3-4-12(15)8-13(11)17(20)21/h3-4,8,10,16H,2,5-7,9H2,1H3,(H,18,19). The van der Waals surface area contributed by atoms with Crippen molar-refractivity contribution in [3.8, 4) is 0 Å². The Kier molecular flexibility index (Phi) is 7.11. The van der Waals surface area contributed by atoms with Crippen molar-refractivity contribution in [3.05, 3.63) is 38.9 Å². The van der Waals surface area contributed by atoms with E-state index in [9.17, 15) is 14.9 Å². The third kappa shape index (κ3) is 6.55. The number of aliphatic carboxylic acids is 1. The second-order valence-corrected chi connectivity index (χ2v) is 5.47. The van der Waals surface area contributed by atoms with Crippen LogP contribution in [0.4, 0.5) is 5.69 Å². The van der Waals surface area contributed by atoms with Crippen molar-refractivity contribution in [2.45, 2.75) is 32.7 Å². The summed E-state index contributed by atoms with van der Waals surface area (Å²) in [6.07, 6.45) is 1.64. The van der Waals surface area contributed by atoms with Crippen molar-refractivity contribution in [1.82, 2.24) is 5.32 Å². The third-order valence-electron chi connectivity index (χ3n) is 3.22. The molecule has 0 spiro atoms. The van der Waals surface area contributed by atoms with E-state index in [1.165, 1.54) is 6.07 Å². The lowest BCUT2D eigenvalue weighted by Crippen LogP contribution is -2.18. The molecular formula is C14H19ClN2O4. The van der Waals surface area contributed by atoms with Crippen molar-refractivity contribution in [3.63, 3.8) is 0 Å². The van der Waals surface area contributed by atoms with Gasteiger partial charge >= 0.3 is 5.97 Å². The van der Waals surface area contributed by atoms with Crippen LogP contribution in [0, 0.1) is 16.0 Å². The maximum absolute atomic E-state index is 10.9. The minimum absolute atomic E-state index is 0.00826. The molecule has 2 N–H and O–H groups in total. The number of carboxylic acids is 1. The largest absolute Gasteiger partial charge is 0.481 e. The fourth-order valence-corrected chi connectivity index (χ4v) is 2.11. The number of nitrogens with one attached hydrogen (secondary N) is 1. The zero-order chi connectivity index (χ0) is 15.8. The Morgan fingerprint density at radius 3 is 2.81 bits per heavy atom. The fraction of sp³-hybridized carbons (Fsp3) is 0.500. The number of carboxylic acid groups (broad SMARTS) is 1. The van der Waals surface area contributed by atoms with Gasteiger partial charge in [0.25, 0.3) is 5.69 Å². The number of nitrogens with zero attached hydrogens (tertiary/aromatic N) is 1. The van der Waals surface area contributed by atoms with Gasteiger partial charge in [-0.15, -0.1) is 0 Å². The van der Waals surface area contributed by atoms with Crippen LogP contribution in [-0.4, -0.2) is 22.5 Å². The first kappa shape index (κ1) is 17.4. The number of carbonyl (C=O) groups is 1. The number of rotatable bonds is 9. The molecule has 0 bridgehead atoms. The van der Waals surface area contributed by atoms with Crippen LogP contribution in [-0.2, 0) is 11.3 Å². The average molecular weight is 315 g/mol. The first-order valence-corrected chi connectivity index (χ1v) is 7.13. The molecule has 0 fully saturated rings. The molecule has 1 aromatic carbocycles. The molecule has 21 heavy (non-hydrogen) atoms. The molecule has 1 aromatic rings. The molecule has 6 nitrogen and oxygen atoms in total. The van der Waals surface area contributed by atoms with Gasteiger partial charge in [-0.2, -0.15) is 0 Å². The Hall–Kier alpha value is -1.66. The van der Waals surface area contributed by atoms with Gasteiger partial charge in [0.2, 0.25) is 0 Å². The quantitative estimate of drug-likeness (QED) is 0.415. The van der Waals surface area contributed by atoms with Crippen LogP contribution in [0.5, 0.6) is 0 Å². The molecule has 0 aliphatic carbocycles. The summed E-state index contributed by atoms with van der Waals surface area (Å²) in [5.41, 5.74) is 0.594. The molecule has 0 aliphatic rings. The van der Waals surface area contributed by atoms with E-state index in [0.29, 0.717) is 36.0 Å². The van der Waals surface area contributed by atoms with Gasteiger partial charge in [0.1, 0.15) is 0 Å². The summed E-state index contributed by atoms with van der Waals surface area (Å²) in [5, 5.41) is 23.0. The monoisotopic (exact) mass is 314 g/mol. The highest BCUT2D eigenvalue weighted by molar-refractivity contribution is 6.30. The van der Waals surface area contributed by atoms with Gasteiger partial charge in [0.05, 0.1) is 4.92 Å². The summed E-state index contributed by atoms with van der Waals surface area (Å²) in [7, 11) is 0. The van der Waals surface area contributed by atoms with E-state index < -0.39 is 10.9 Å². The predicted octanol–water partition coefficient (Wildman–Crippen LogP) is 3.23. The summed E-state index contributed by atoms with van der Waals surface area (Å²) < 4.78 is 0. The molecule has 0 radical (unpaired) electrons. The van der Waals surface area contributed by atoms with Crippen LogP contribution in [0.15, 0.2) is 18.2 Å². The van der Waals surface area contributed by atoms with E-state index in [2.05, 4.69) is 5.32 Å². The van der Waals surface area contributed by atoms with Gasteiger partial charge < -0.3 is 10.4 Å². The van der Waals surface area contributed by atoms with Crippen LogP contribution < -0.4 is 5.32 Å². The molecule has 0 aromatic heterocycles. The second-order valence-electron chi connectivity index (χ2n) is 5.03. The molecule has 1 unspecified atom stereocenters. The molecule has 1 atom stereocenters. The van der Waals surface area contributed by atoms with Crippen LogP contribution in [0.2, 0.25) is 5.02 Å². The zero-order valence-corrected chi connectivity index (χ0v) is 12.6. The Bertz CT molecular complexity index is 508. The molecule has 0 amide bonds. The molecular weight excluding hydrogens is 296 g/mol. The number of benzene rings is 1. The van der Waals surface area contributed by atoms with Crippen LogP contribution in [0.25, 0.3) is 0 Å². The van der Waals surface area contributed by atoms with E-state index in [4.69, 9.17) is 16.7 Å². The van der Waals surface area contributed by atoms with Gasteiger partial charge in [-0.25, -0.2) is 0 Å². The number of halogens is 1. The van der Waals surface area contributed by atoms with Crippen molar-refractivity contribution < 1.29 is 14.8 Å². The van der Waals surface area contributed by atoms with Crippen molar-refractivity contribution in [2.75, 3.05) is 6.54 Å². The van der Waals surface area contributed by atoms with E-state index in [1.807, 2.05) is 6.92 Å². The maximum Gasteiger partial charge on any atom is 0.303 e. The minimum Gasteiger partial charge on any atom is -0.481 e. The highest BCUT2D eigenvalue weighted by Crippen LogP contribution is 2.23. The molecule has 0 aliphatic heterocycles. The highest BCUT2D eigenvalue weighted by Gasteiger charge is 2.13. The molecule has 0 saturated carbocycles. The predicted molar refractivity (Wildman–Crippen MR) is 80.5 cm³/mol. The third-order valence-corrected chi connectivity index (χ3v) is 3.46. The van der Waals surface area contributed by atoms with Gasteiger partial charge in [0.15, 0.2) is 0 Å². The first-order valence-electron chi connectivity index (χ1n) is 6.75. The lowest BCUT2D eigenvalue weighted by atomic mass is 10.0. The molecule has 0 heterocycles. The topological polar surface area (TPSA) is 92.5 Å². The van der Waals surface area contributed by atoms with Crippen LogP contribution in [0.1, 0.15) is 31.7 Å².